The van der Waals surface area contributed by atoms with E-state index in [-0.39, 0.29) is 34.5 Å². The van der Waals surface area contributed by atoms with E-state index in [9.17, 15) is 14.4 Å². The average molecular weight is 687 g/mol. The molecule has 4 saturated carbocycles. The third-order valence-corrected chi connectivity index (χ3v) is 19.6. The molecule has 0 radical (unpaired) electrons. The van der Waals surface area contributed by atoms with E-state index in [1.54, 1.807) is 0 Å². The van der Waals surface area contributed by atoms with E-state index in [0.717, 1.165) is 35.9 Å². The van der Waals surface area contributed by atoms with Crippen LogP contribution in [0.4, 0.5) is 0 Å². The van der Waals surface area contributed by atoms with Gasteiger partial charge in [0.25, 0.3) is 8.32 Å². The number of carbonyl (C=O) groups is 2. The lowest BCUT2D eigenvalue weighted by Crippen LogP contribution is -2.65. The van der Waals surface area contributed by atoms with Gasteiger partial charge in [-0.3, -0.25) is 4.79 Å². The number of esters is 1. The molecule has 4 aliphatic rings. The van der Waals surface area contributed by atoms with Gasteiger partial charge in [0.2, 0.25) is 0 Å². The molecule has 1 N–H and O–H groups in total. The number of fused-ring (bicyclic) bond motifs is 5. The van der Waals surface area contributed by atoms with Crippen LogP contribution in [0.3, 0.4) is 0 Å². The molecule has 0 heterocycles. The summed E-state index contributed by atoms with van der Waals surface area (Å²) in [6.07, 6.45) is 13.1. The molecule has 0 spiro atoms. The molecule has 5 nitrogen and oxygen atoms in total. The van der Waals surface area contributed by atoms with Crippen molar-refractivity contribution in [2.45, 2.75) is 116 Å². The van der Waals surface area contributed by atoms with Gasteiger partial charge in [-0.1, -0.05) is 95.3 Å². The molecule has 4 aliphatic carbocycles. The zero-order chi connectivity index (χ0) is 35.0. The highest BCUT2D eigenvalue weighted by Gasteiger charge is 2.63. The molecule has 6 heteroatoms. The van der Waals surface area contributed by atoms with Crippen molar-refractivity contribution < 1.29 is 23.9 Å². The Bertz CT molecular complexity index is 1390. The van der Waals surface area contributed by atoms with Crippen LogP contribution in [0.25, 0.3) is 0 Å². The summed E-state index contributed by atoms with van der Waals surface area (Å²) in [5.41, 5.74) is 0.517. The first-order valence-electron chi connectivity index (χ1n) is 19.3. The van der Waals surface area contributed by atoms with Crippen molar-refractivity contribution in [2.75, 3.05) is 13.7 Å². The summed E-state index contributed by atoms with van der Waals surface area (Å²) in [4.78, 5) is 36.6. The van der Waals surface area contributed by atoms with Crippen LogP contribution < -0.4 is 10.4 Å². The quantitative estimate of drug-likeness (QED) is 0.139. The zero-order valence-electron chi connectivity index (χ0n) is 31.0. The van der Waals surface area contributed by atoms with Gasteiger partial charge in [-0.25, -0.2) is 0 Å². The lowest BCUT2D eigenvalue weighted by molar-refractivity contribution is -0.184. The highest BCUT2D eigenvalue weighted by atomic mass is 28.4. The SMILES string of the molecule is COC(=O)CC[C@@H](C)C1CCC2C3C(OCC=O)CC4CC(CC(C)(C)[Si](O)(c5ccccc5)c5ccccc5)CCC4(C)C3CCC21C. The number of hydrogen-bond donors (Lipinski definition) is 1. The average Bonchev–Trinajstić information content (AvgIpc) is 3.47. The zero-order valence-corrected chi connectivity index (χ0v) is 32.0. The van der Waals surface area contributed by atoms with Crippen LogP contribution in [-0.2, 0) is 19.1 Å². The number of carbonyl (C=O) groups excluding carboxylic acids is 2. The first-order chi connectivity index (χ1) is 23.4. The lowest BCUT2D eigenvalue weighted by atomic mass is 9.43. The Morgan fingerprint density at radius 3 is 2.16 bits per heavy atom. The summed E-state index contributed by atoms with van der Waals surface area (Å²) >= 11 is 0. The minimum Gasteiger partial charge on any atom is -0.469 e. The largest absolute Gasteiger partial charge is 0.469 e. The molecule has 0 aliphatic heterocycles. The molecular formula is C43H62O5Si. The Labute approximate surface area is 297 Å². The van der Waals surface area contributed by atoms with Crippen LogP contribution in [0, 0.1) is 52.3 Å². The maximum Gasteiger partial charge on any atom is 0.305 e. The third-order valence-electron chi connectivity index (χ3n) is 15.1. The Kier molecular flexibility index (Phi) is 10.7. The molecule has 2 aromatic carbocycles. The predicted molar refractivity (Wildman–Crippen MR) is 199 cm³/mol. The summed E-state index contributed by atoms with van der Waals surface area (Å²) in [5.74, 6) is 3.79. The van der Waals surface area contributed by atoms with Crippen molar-refractivity contribution in [1.82, 2.24) is 0 Å². The van der Waals surface area contributed by atoms with Crippen molar-refractivity contribution in [2.24, 2.45) is 52.3 Å². The van der Waals surface area contributed by atoms with Gasteiger partial charge in [0.1, 0.15) is 12.9 Å². The van der Waals surface area contributed by atoms with Crippen LogP contribution in [0.15, 0.2) is 60.7 Å². The Hall–Kier alpha value is -2.28. The van der Waals surface area contributed by atoms with Gasteiger partial charge in [-0.15, -0.1) is 0 Å². The number of aldehydes is 1. The second kappa shape index (κ2) is 14.4. The van der Waals surface area contributed by atoms with Crippen molar-refractivity contribution >= 4 is 30.9 Å². The first kappa shape index (κ1) is 36.5. The predicted octanol–water partition coefficient (Wildman–Crippen LogP) is 7.97. The van der Waals surface area contributed by atoms with Crippen LogP contribution >= 0.6 is 0 Å². The summed E-state index contributed by atoms with van der Waals surface area (Å²) in [6, 6.07) is 20.9. The van der Waals surface area contributed by atoms with E-state index in [1.165, 1.54) is 52.1 Å². The van der Waals surface area contributed by atoms with E-state index in [0.29, 0.717) is 47.8 Å². The van der Waals surface area contributed by atoms with Crippen molar-refractivity contribution in [1.29, 1.82) is 0 Å². The van der Waals surface area contributed by atoms with E-state index in [2.05, 4.69) is 83.1 Å². The van der Waals surface area contributed by atoms with E-state index >= 15 is 0 Å². The molecule has 4 fully saturated rings. The summed E-state index contributed by atoms with van der Waals surface area (Å²) < 4.78 is 11.6. The van der Waals surface area contributed by atoms with Crippen molar-refractivity contribution in [3.8, 4) is 0 Å². The third kappa shape index (κ3) is 6.53. The molecular weight excluding hydrogens is 625 g/mol. The van der Waals surface area contributed by atoms with Gasteiger partial charge in [-0.05, 0) is 132 Å². The smallest absolute Gasteiger partial charge is 0.305 e. The Morgan fingerprint density at radius 2 is 1.55 bits per heavy atom. The second-order valence-corrected chi connectivity index (χ2v) is 21.7. The van der Waals surface area contributed by atoms with Gasteiger partial charge in [0.15, 0.2) is 0 Å². The van der Waals surface area contributed by atoms with E-state index < -0.39 is 8.32 Å². The van der Waals surface area contributed by atoms with Gasteiger partial charge >= 0.3 is 5.97 Å². The minimum absolute atomic E-state index is 0.102. The molecule has 0 aromatic heterocycles. The molecule has 2 aromatic rings. The number of hydrogen-bond acceptors (Lipinski definition) is 5. The number of methoxy groups -OCH3 is 1. The van der Waals surface area contributed by atoms with Crippen LogP contribution in [0.2, 0.25) is 5.04 Å². The van der Waals surface area contributed by atoms with Crippen LogP contribution in [-0.4, -0.2) is 45.2 Å². The molecule has 10 atom stereocenters. The standard InChI is InChI=1S/C43H62O5Si/c1-30(17-20-39(45)47-6)35-18-19-36-40-37(22-24-43(35,36)5)42(4)23-21-31(27-32(42)28-38(40)48-26-25-44)29-41(2,3)49(46,33-13-9-7-10-14-33)34-15-11-8-12-16-34/h7-16,25,30-32,35-38,40,46H,17-24,26-29H2,1-6H3/t30-,31?,32?,35?,36?,37?,38?,40?,42?,43?/m1/s1. The number of ether oxygens (including phenoxy) is 2. The van der Waals surface area contributed by atoms with Gasteiger partial charge in [0.05, 0.1) is 13.2 Å². The Morgan fingerprint density at radius 1 is 0.939 bits per heavy atom. The molecule has 6 rings (SSSR count). The fourth-order valence-electron chi connectivity index (χ4n) is 12.6. The van der Waals surface area contributed by atoms with Crippen molar-refractivity contribution in [3.63, 3.8) is 0 Å². The molecule has 0 saturated heterocycles. The Balaban J connectivity index is 1.23. The first-order valence-corrected chi connectivity index (χ1v) is 21.3. The molecule has 0 amide bonds. The number of benzene rings is 2. The second-order valence-electron chi connectivity index (χ2n) is 17.8. The number of rotatable bonds is 12. The molecule has 268 valence electrons. The summed E-state index contributed by atoms with van der Waals surface area (Å²) in [7, 11) is -1.59. The summed E-state index contributed by atoms with van der Waals surface area (Å²) in [5, 5.41) is 1.93. The topological polar surface area (TPSA) is 72.8 Å². The van der Waals surface area contributed by atoms with Crippen molar-refractivity contribution in [3.05, 3.63) is 60.7 Å². The van der Waals surface area contributed by atoms with Gasteiger partial charge in [-0.2, -0.15) is 0 Å². The fraction of sp³-hybridized carbons (Fsp3) is 0.674. The normalized spacial score (nSPS) is 35.0. The highest BCUT2D eigenvalue weighted by molar-refractivity contribution is 6.98. The fourth-order valence-corrected chi connectivity index (χ4v) is 16.4. The summed E-state index contributed by atoms with van der Waals surface area (Å²) in [6.45, 7) is 12.3. The molecule has 0 bridgehead atoms. The maximum absolute atomic E-state index is 12.9. The van der Waals surface area contributed by atoms with E-state index in [1.807, 2.05) is 12.1 Å². The van der Waals surface area contributed by atoms with Crippen LogP contribution in [0.1, 0.15) is 105 Å². The van der Waals surface area contributed by atoms with Gasteiger partial charge < -0.3 is 19.1 Å². The highest BCUT2D eigenvalue weighted by Crippen LogP contribution is 2.69. The maximum atomic E-state index is 12.9. The van der Waals surface area contributed by atoms with E-state index in [4.69, 9.17) is 9.47 Å². The molecule has 49 heavy (non-hydrogen) atoms. The van der Waals surface area contributed by atoms with Gasteiger partial charge in [0, 0.05) is 6.42 Å². The lowest BCUT2D eigenvalue weighted by Gasteiger charge is -2.63. The monoisotopic (exact) mass is 686 g/mol. The minimum atomic E-state index is -3.08. The molecule has 9 unspecified atom stereocenters. The van der Waals surface area contributed by atoms with Crippen LogP contribution in [0.5, 0.6) is 0 Å².